The van der Waals surface area contributed by atoms with Crippen molar-refractivity contribution >= 4 is 52.8 Å². The number of hydrogen-bond donors (Lipinski definition) is 1. The highest BCUT2D eigenvalue weighted by molar-refractivity contribution is 5.84. The summed E-state index contributed by atoms with van der Waals surface area (Å²) in [6, 6.07) is 71.9. The van der Waals surface area contributed by atoms with Crippen LogP contribution in [0.25, 0.3) is 22.3 Å². The number of hydrogen-bond acceptors (Lipinski definition) is 10. The van der Waals surface area contributed by atoms with Gasteiger partial charge in [-0.05, 0) is 170 Å². The maximum Gasteiger partial charge on any atom is 0.0658 e. The molecule has 8 aromatic rings. The molecule has 0 amide bonds. The van der Waals surface area contributed by atoms with Crippen molar-refractivity contribution < 1.29 is 0 Å². The molecule has 0 radical (unpaired) electrons. The third-order valence-electron chi connectivity index (χ3n) is 14.9. The van der Waals surface area contributed by atoms with Crippen LogP contribution in [0.5, 0.6) is 0 Å². The fraction of sp³-hybridized carbons (Fsp3) is 0.250. The van der Waals surface area contributed by atoms with Crippen LogP contribution in [0.3, 0.4) is 0 Å². The van der Waals surface area contributed by atoms with E-state index >= 15 is 0 Å². The third kappa shape index (κ3) is 13.7. The summed E-state index contributed by atoms with van der Waals surface area (Å²) in [5.41, 5.74) is 20.0. The molecule has 1 N–H and O–H groups in total. The Kier molecular flexibility index (Phi) is 18.8. The van der Waals surface area contributed by atoms with Gasteiger partial charge in [0, 0.05) is 82.5 Å². The summed E-state index contributed by atoms with van der Waals surface area (Å²) < 4.78 is 0. The first-order chi connectivity index (χ1) is 38.4. The lowest BCUT2D eigenvalue weighted by atomic mass is 9.93. The number of rotatable bonds is 23. The molecule has 9 rings (SSSR count). The molecule has 1 fully saturated rings. The molecule has 1 aliphatic rings. The summed E-state index contributed by atoms with van der Waals surface area (Å²) in [6.45, 7) is 22.5. The van der Waals surface area contributed by atoms with Crippen molar-refractivity contribution in [2.75, 3.05) is 90.6 Å². The number of benzene rings is 8. The number of nitrogens with one attached hydrogen (secondary N) is 1. The van der Waals surface area contributed by atoms with E-state index in [1.807, 2.05) is 29.7 Å². The van der Waals surface area contributed by atoms with E-state index in [9.17, 15) is 0 Å². The molecule has 1 atom stereocenters. The molecular weight excluding hydrogens is 957 g/mol. The van der Waals surface area contributed by atoms with Crippen LogP contribution in [0.4, 0.5) is 34.1 Å². The van der Waals surface area contributed by atoms with E-state index in [-0.39, 0.29) is 6.04 Å². The Balaban J connectivity index is 0.945. The van der Waals surface area contributed by atoms with Gasteiger partial charge in [-0.25, -0.2) is 5.01 Å². The van der Waals surface area contributed by atoms with Crippen LogP contribution in [0, 0.1) is 0 Å². The molecule has 0 aromatic heterocycles. The lowest BCUT2D eigenvalue weighted by Crippen LogP contribution is -2.45. The van der Waals surface area contributed by atoms with Crippen LogP contribution in [-0.4, -0.2) is 94.0 Å². The second-order valence-corrected chi connectivity index (χ2v) is 19.6. The maximum absolute atomic E-state index is 5.21. The molecule has 10 nitrogen and oxygen atoms in total. The molecule has 1 saturated heterocycles. The Bertz CT molecular complexity index is 3190. The second kappa shape index (κ2) is 27.0. The molecule has 78 heavy (non-hydrogen) atoms. The molecule has 0 bridgehead atoms. The number of anilines is 6. The predicted octanol–water partition coefficient (Wildman–Crippen LogP) is 14.9. The normalized spacial score (nSPS) is 13.3. The number of hydrazone groups is 3. The zero-order chi connectivity index (χ0) is 54.1. The van der Waals surface area contributed by atoms with Gasteiger partial charge in [-0.2, -0.15) is 15.3 Å². The standard InChI is InChI=1S/C68H76N10/c1-7-73(8-2)63-35-27-53(28-36-63)50-69-72-62-25-17-22-59(48-62)60-23-18-26-67(49-60)78(71-52-55-31-39-65(40-32-55)75(11-5)12-6)66-41-33-56(34-42-66)58-21-16-24-61(47-58)68(57-19-14-13-15-20-57)76-43-45-77(46-44-76)70-51-54-29-37-64(38-30-54)74(9-3)10-4/h13-42,47-52,68,72H,7-12,43-46H2,1-6H3/b69-50+,70-51+,71-52+. The number of nitrogens with zero attached hydrogens (tertiary/aromatic N) is 9. The highest BCUT2D eigenvalue weighted by Gasteiger charge is 2.26. The van der Waals surface area contributed by atoms with Gasteiger partial charge in [0.2, 0.25) is 0 Å². The lowest BCUT2D eigenvalue weighted by Gasteiger charge is -2.39. The van der Waals surface area contributed by atoms with Crippen LogP contribution in [0.1, 0.15) is 75.4 Å². The van der Waals surface area contributed by atoms with Crippen molar-refractivity contribution in [1.82, 2.24) is 9.91 Å². The van der Waals surface area contributed by atoms with Crippen molar-refractivity contribution in [3.05, 3.63) is 228 Å². The van der Waals surface area contributed by atoms with Crippen LogP contribution >= 0.6 is 0 Å². The summed E-state index contributed by atoms with van der Waals surface area (Å²) in [7, 11) is 0. The molecular formula is C68H76N10. The zero-order valence-electron chi connectivity index (χ0n) is 46.5. The Morgan fingerprint density at radius 1 is 0.410 bits per heavy atom. The average Bonchev–Trinajstić information content (AvgIpc) is 3.50. The van der Waals surface area contributed by atoms with Gasteiger partial charge in [-0.3, -0.25) is 15.3 Å². The molecule has 0 spiro atoms. The Hall–Kier alpha value is -8.47. The van der Waals surface area contributed by atoms with Gasteiger partial charge in [0.15, 0.2) is 0 Å². The van der Waals surface area contributed by atoms with E-state index in [0.29, 0.717) is 0 Å². The summed E-state index contributed by atoms with van der Waals surface area (Å²) in [5.74, 6) is 0. The molecule has 1 heterocycles. The van der Waals surface area contributed by atoms with Crippen LogP contribution in [-0.2, 0) is 0 Å². The van der Waals surface area contributed by atoms with Gasteiger partial charge in [-0.15, -0.1) is 0 Å². The van der Waals surface area contributed by atoms with Gasteiger partial charge in [0.1, 0.15) is 0 Å². The largest absolute Gasteiger partial charge is 0.372 e. The van der Waals surface area contributed by atoms with Gasteiger partial charge >= 0.3 is 0 Å². The Morgan fingerprint density at radius 3 is 1.45 bits per heavy atom. The van der Waals surface area contributed by atoms with Crippen molar-refractivity contribution in [3.63, 3.8) is 0 Å². The van der Waals surface area contributed by atoms with Crippen LogP contribution < -0.4 is 25.1 Å². The molecule has 0 aliphatic carbocycles. The molecule has 8 aromatic carbocycles. The molecule has 398 valence electrons. The Labute approximate surface area is 464 Å². The van der Waals surface area contributed by atoms with Crippen molar-refractivity contribution in [3.8, 4) is 22.3 Å². The van der Waals surface area contributed by atoms with Gasteiger partial charge < -0.3 is 14.7 Å². The topological polar surface area (TPSA) is 68.5 Å². The summed E-state index contributed by atoms with van der Waals surface area (Å²) in [6.07, 6.45) is 5.83. The van der Waals surface area contributed by atoms with Crippen LogP contribution in [0.15, 0.2) is 215 Å². The smallest absolute Gasteiger partial charge is 0.0658 e. The molecule has 1 aliphatic heterocycles. The second-order valence-electron chi connectivity index (χ2n) is 19.6. The zero-order valence-corrected chi connectivity index (χ0v) is 46.5. The van der Waals surface area contributed by atoms with E-state index in [2.05, 4.69) is 271 Å². The molecule has 0 saturated carbocycles. The molecule has 10 heteroatoms. The summed E-state index contributed by atoms with van der Waals surface area (Å²) in [4.78, 5) is 9.67. The molecule has 1 unspecified atom stereocenters. The fourth-order valence-electron chi connectivity index (χ4n) is 10.4. The Morgan fingerprint density at radius 2 is 0.885 bits per heavy atom. The maximum atomic E-state index is 5.21. The highest BCUT2D eigenvalue weighted by atomic mass is 15.5. The van der Waals surface area contributed by atoms with Gasteiger partial charge in [0.25, 0.3) is 0 Å². The van der Waals surface area contributed by atoms with Crippen LogP contribution in [0.2, 0.25) is 0 Å². The minimum absolute atomic E-state index is 0.104. The van der Waals surface area contributed by atoms with E-state index in [4.69, 9.17) is 10.2 Å². The minimum atomic E-state index is 0.104. The lowest BCUT2D eigenvalue weighted by molar-refractivity contribution is 0.113. The quantitative estimate of drug-likeness (QED) is 0.0506. The first kappa shape index (κ1) is 54.3. The van der Waals surface area contributed by atoms with E-state index < -0.39 is 0 Å². The fourth-order valence-corrected chi connectivity index (χ4v) is 10.4. The van der Waals surface area contributed by atoms with E-state index in [1.54, 1.807) is 0 Å². The first-order valence-corrected chi connectivity index (χ1v) is 28.0. The van der Waals surface area contributed by atoms with Gasteiger partial charge in [-0.1, -0.05) is 121 Å². The average molecular weight is 1030 g/mol. The monoisotopic (exact) mass is 1030 g/mol. The predicted molar refractivity (Wildman–Crippen MR) is 334 cm³/mol. The van der Waals surface area contributed by atoms with Crippen molar-refractivity contribution in [1.29, 1.82) is 0 Å². The van der Waals surface area contributed by atoms with Crippen molar-refractivity contribution in [2.24, 2.45) is 15.3 Å². The van der Waals surface area contributed by atoms with E-state index in [0.717, 1.165) is 116 Å². The van der Waals surface area contributed by atoms with Crippen molar-refractivity contribution in [2.45, 2.75) is 47.6 Å². The SMILES string of the molecule is CCN(CC)c1ccc(/C=N/Nc2cccc(-c3cccc(N(/N=C/c4ccc(N(CC)CC)cc4)c4ccc(-c5cccc(C(c6ccccc6)N6CCN(/N=C/c7ccc(N(CC)CC)cc7)CC6)c5)cc4)c3)c2)cc1. The summed E-state index contributed by atoms with van der Waals surface area (Å²) in [5, 5.41) is 19.0. The highest BCUT2D eigenvalue weighted by Crippen LogP contribution is 2.36. The number of piperazine rings is 1. The first-order valence-electron chi connectivity index (χ1n) is 28.0. The minimum Gasteiger partial charge on any atom is -0.372 e. The van der Waals surface area contributed by atoms with Gasteiger partial charge in [0.05, 0.1) is 41.7 Å². The third-order valence-corrected chi connectivity index (χ3v) is 14.9. The van der Waals surface area contributed by atoms with E-state index in [1.165, 1.54) is 33.8 Å². The summed E-state index contributed by atoms with van der Waals surface area (Å²) >= 11 is 0.